The van der Waals surface area contributed by atoms with Crippen molar-refractivity contribution in [1.82, 2.24) is 0 Å². The van der Waals surface area contributed by atoms with Gasteiger partial charge in [-0.15, -0.1) is 0 Å². The lowest BCUT2D eigenvalue weighted by Gasteiger charge is -2.23. The van der Waals surface area contributed by atoms with Gasteiger partial charge in [-0.05, 0) is 42.8 Å². The maximum absolute atomic E-state index is 12.1. The monoisotopic (exact) mass is 357 g/mol. The van der Waals surface area contributed by atoms with Crippen LogP contribution >= 0.6 is 0 Å². The minimum absolute atomic E-state index is 0.0153. The molecule has 25 heavy (non-hydrogen) atoms. The van der Waals surface area contributed by atoms with E-state index in [0.717, 1.165) is 11.8 Å². The van der Waals surface area contributed by atoms with E-state index in [4.69, 9.17) is 5.26 Å². The molecule has 0 aromatic heterocycles. The van der Waals surface area contributed by atoms with E-state index in [1.807, 2.05) is 25.1 Å². The number of nitrogens with one attached hydrogen (secondary N) is 1. The highest BCUT2D eigenvalue weighted by Gasteiger charge is 2.20. The predicted molar refractivity (Wildman–Crippen MR) is 97.8 cm³/mol. The van der Waals surface area contributed by atoms with Gasteiger partial charge in [0.1, 0.15) is 0 Å². The summed E-state index contributed by atoms with van der Waals surface area (Å²) >= 11 is 0. The van der Waals surface area contributed by atoms with Crippen molar-refractivity contribution < 1.29 is 13.2 Å². The summed E-state index contributed by atoms with van der Waals surface area (Å²) in [6.07, 6.45) is 1.14. The van der Waals surface area contributed by atoms with Gasteiger partial charge in [-0.25, -0.2) is 8.42 Å². The molecule has 2 rings (SSSR count). The molecule has 7 heteroatoms. The number of benzene rings is 2. The number of hydrogen-bond donors (Lipinski definition) is 1. The fraction of sp³-hybridized carbons (Fsp3) is 0.222. The molecule has 0 fully saturated rings. The Balaban J connectivity index is 2.06. The molecule has 1 N–H and O–H groups in total. The Hall–Kier alpha value is -2.85. The average Bonchev–Trinajstić information content (AvgIpc) is 2.56. The van der Waals surface area contributed by atoms with E-state index in [9.17, 15) is 13.2 Å². The summed E-state index contributed by atoms with van der Waals surface area (Å²) in [5.41, 5.74) is 2.45. The quantitative estimate of drug-likeness (QED) is 0.860. The lowest BCUT2D eigenvalue weighted by molar-refractivity contribution is -0.116. The van der Waals surface area contributed by atoms with Crippen LogP contribution in [0.5, 0.6) is 0 Å². The maximum Gasteiger partial charge on any atom is 0.232 e. The summed E-state index contributed by atoms with van der Waals surface area (Å²) < 4.78 is 25.4. The molecule has 0 aliphatic carbocycles. The third kappa shape index (κ3) is 5.06. The second kappa shape index (κ2) is 7.81. The Morgan fingerprint density at radius 1 is 1.16 bits per heavy atom. The molecule has 0 saturated heterocycles. The lowest BCUT2D eigenvalue weighted by atomic mass is 10.2. The molecule has 6 nitrogen and oxygen atoms in total. The van der Waals surface area contributed by atoms with Crippen molar-refractivity contribution in [3.05, 3.63) is 59.7 Å². The number of carbonyl (C=O) groups is 1. The van der Waals surface area contributed by atoms with E-state index in [0.29, 0.717) is 16.9 Å². The van der Waals surface area contributed by atoms with Gasteiger partial charge in [0.25, 0.3) is 0 Å². The maximum atomic E-state index is 12.1. The molecule has 0 saturated carbocycles. The Morgan fingerprint density at radius 3 is 2.36 bits per heavy atom. The van der Waals surface area contributed by atoms with E-state index in [-0.39, 0.29) is 18.9 Å². The largest absolute Gasteiger partial charge is 0.326 e. The first-order valence-electron chi connectivity index (χ1n) is 7.64. The second-order valence-electron chi connectivity index (χ2n) is 5.61. The number of amides is 1. The van der Waals surface area contributed by atoms with Gasteiger partial charge < -0.3 is 5.32 Å². The number of anilines is 2. The SMILES string of the molecule is Cc1ccccc1N(CCC(=O)Nc1ccc(C#N)cc1)S(C)(=O)=O. The van der Waals surface area contributed by atoms with Gasteiger partial charge in [0, 0.05) is 18.7 Å². The van der Waals surface area contributed by atoms with E-state index < -0.39 is 10.0 Å². The van der Waals surface area contributed by atoms with Crippen LogP contribution in [0.25, 0.3) is 0 Å². The number of hydrogen-bond acceptors (Lipinski definition) is 4. The van der Waals surface area contributed by atoms with Crippen LogP contribution < -0.4 is 9.62 Å². The Kier molecular flexibility index (Phi) is 5.78. The van der Waals surface area contributed by atoms with Gasteiger partial charge >= 0.3 is 0 Å². The highest BCUT2D eigenvalue weighted by atomic mass is 32.2. The fourth-order valence-corrected chi connectivity index (χ4v) is 3.35. The zero-order chi connectivity index (χ0) is 18.4. The Bertz CT molecular complexity index is 900. The van der Waals surface area contributed by atoms with Crippen LogP contribution in [0.2, 0.25) is 0 Å². The normalized spacial score (nSPS) is 10.8. The first kappa shape index (κ1) is 18.5. The van der Waals surface area contributed by atoms with E-state index >= 15 is 0 Å². The number of aryl methyl sites for hydroxylation is 1. The number of para-hydroxylation sites is 1. The van der Waals surface area contributed by atoms with Crippen LogP contribution in [0, 0.1) is 18.3 Å². The Labute approximate surface area is 147 Å². The van der Waals surface area contributed by atoms with Crippen LogP contribution in [0.15, 0.2) is 48.5 Å². The summed E-state index contributed by atoms with van der Waals surface area (Å²) in [6.45, 7) is 1.87. The molecule has 0 spiro atoms. The zero-order valence-electron chi connectivity index (χ0n) is 14.1. The molecule has 0 aliphatic rings. The molecular formula is C18H19N3O3S. The molecule has 2 aromatic carbocycles. The molecular weight excluding hydrogens is 338 g/mol. The number of carbonyl (C=O) groups excluding carboxylic acids is 1. The van der Waals surface area contributed by atoms with Gasteiger partial charge in [-0.1, -0.05) is 18.2 Å². The summed E-state index contributed by atoms with van der Waals surface area (Å²) in [4.78, 5) is 12.1. The van der Waals surface area contributed by atoms with E-state index in [1.165, 1.54) is 4.31 Å². The predicted octanol–water partition coefficient (Wildman–Crippen LogP) is 2.66. The van der Waals surface area contributed by atoms with Crippen molar-refractivity contribution in [2.75, 3.05) is 22.4 Å². The van der Waals surface area contributed by atoms with Gasteiger partial charge in [-0.2, -0.15) is 5.26 Å². The van der Waals surface area contributed by atoms with Crippen LogP contribution in [0.4, 0.5) is 11.4 Å². The van der Waals surface area contributed by atoms with Crippen molar-refractivity contribution in [2.24, 2.45) is 0 Å². The zero-order valence-corrected chi connectivity index (χ0v) is 14.9. The minimum atomic E-state index is -3.50. The second-order valence-corrected chi connectivity index (χ2v) is 7.52. The number of nitriles is 1. The van der Waals surface area contributed by atoms with Crippen molar-refractivity contribution in [1.29, 1.82) is 5.26 Å². The van der Waals surface area contributed by atoms with Gasteiger partial charge in [0.05, 0.1) is 23.6 Å². The first-order chi connectivity index (χ1) is 11.8. The van der Waals surface area contributed by atoms with Crippen molar-refractivity contribution in [3.8, 4) is 6.07 Å². The fourth-order valence-electron chi connectivity index (χ4n) is 2.36. The third-order valence-electron chi connectivity index (χ3n) is 3.62. The van der Waals surface area contributed by atoms with Crippen LogP contribution in [-0.2, 0) is 14.8 Å². The standard InChI is InChI=1S/C18H19N3O3S/c1-14-5-3-4-6-17(14)21(25(2,23)24)12-11-18(22)20-16-9-7-15(13-19)8-10-16/h3-10H,11-12H2,1-2H3,(H,20,22). The van der Waals surface area contributed by atoms with Crippen molar-refractivity contribution >= 4 is 27.3 Å². The molecule has 0 atom stereocenters. The van der Waals surface area contributed by atoms with Gasteiger partial charge in [-0.3, -0.25) is 9.10 Å². The minimum Gasteiger partial charge on any atom is -0.326 e. The van der Waals surface area contributed by atoms with Crippen LogP contribution in [-0.4, -0.2) is 27.1 Å². The molecule has 0 heterocycles. The molecule has 1 amide bonds. The van der Waals surface area contributed by atoms with E-state index in [1.54, 1.807) is 36.4 Å². The molecule has 130 valence electrons. The lowest BCUT2D eigenvalue weighted by Crippen LogP contribution is -2.33. The Morgan fingerprint density at radius 2 is 1.80 bits per heavy atom. The topological polar surface area (TPSA) is 90.3 Å². The molecule has 0 bridgehead atoms. The third-order valence-corrected chi connectivity index (χ3v) is 4.80. The van der Waals surface area contributed by atoms with Crippen molar-refractivity contribution in [3.63, 3.8) is 0 Å². The van der Waals surface area contributed by atoms with Gasteiger partial charge in [0.2, 0.25) is 15.9 Å². The smallest absolute Gasteiger partial charge is 0.232 e. The number of rotatable bonds is 6. The summed E-state index contributed by atoms with van der Waals surface area (Å²) in [7, 11) is -3.50. The van der Waals surface area contributed by atoms with Crippen molar-refractivity contribution in [2.45, 2.75) is 13.3 Å². The number of nitrogens with zero attached hydrogens (tertiary/aromatic N) is 2. The van der Waals surface area contributed by atoms with E-state index in [2.05, 4.69) is 5.32 Å². The molecule has 0 aliphatic heterocycles. The summed E-state index contributed by atoms with van der Waals surface area (Å²) in [6, 6.07) is 15.6. The van der Waals surface area contributed by atoms with Gasteiger partial charge in [0.15, 0.2) is 0 Å². The molecule has 2 aromatic rings. The highest BCUT2D eigenvalue weighted by molar-refractivity contribution is 7.92. The number of sulfonamides is 1. The van der Waals surface area contributed by atoms with Crippen LogP contribution in [0.1, 0.15) is 17.5 Å². The molecule has 0 radical (unpaired) electrons. The first-order valence-corrected chi connectivity index (χ1v) is 9.49. The summed E-state index contributed by atoms with van der Waals surface area (Å²) in [5.74, 6) is -0.299. The highest BCUT2D eigenvalue weighted by Crippen LogP contribution is 2.22. The molecule has 0 unspecified atom stereocenters. The van der Waals surface area contributed by atoms with Crippen LogP contribution in [0.3, 0.4) is 0 Å². The summed E-state index contributed by atoms with van der Waals surface area (Å²) in [5, 5.41) is 11.5. The average molecular weight is 357 g/mol.